The first-order valence-corrected chi connectivity index (χ1v) is 7.90. The molecule has 94 valence electrons. The van der Waals surface area contributed by atoms with E-state index in [1.807, 2.05) is 6.92 Å². The van der Waals surface area contributed by atoms with Crippen molar-refractivity contribution in [3.63, 3.8) is 0 Å². The summed E-state index contributed by atoms with van der Waals surface area (Å²) < 4.78 is 24.8. The van der Waals surface area contributed by atoms with Gasteiger partial charge in [0.1, 0.15) is 0 Å². The van der Waals surface area contributed by atoms with Gasteiger partial charge in [0.15, 0.2) is 9.84 Å². The Morgan fingerprint density at radius 3 is 2.62 bits per heavy atom. The summed E-state index contributed by atoms with van der Waals surface area (Å²) in [6.45, 7) is 7.09. The van der Waals surface area contributed by atoms with Crippen LogP contribution in [-0.2, 0) is 9.84 Å². The zero-order chi connectivity index (χ0) is 12.0. The predicted octanol–water partition coefficient (Wildman–Crippen LogP) is 1.73. The van der Waals surface area contributed by atoms with Gasteiger partial charge < -0.3 is 5.32 Å². The van der Waals surface area contributed by atoms with Crippen molar-refractivity contribution in [3.8, 4) is 0 Å². The molecule has 0 aromatic carbocycles. The van der Waals surface area contributed by atoms with Gasteiger partial charge >= 0.3 is 0 Å². The van der Waals surface area contributed by atoms with Gasteiger partial charge in [0.05, 0.1) is 10.5 Å². The molecule has 0 bridgehead atoms. The fraction of sp³-hybridized carbons (Fsp3) is 1.00. The van der Waals surface area contributed by atoms with E-state index in [-0.39, 0.29) is 22.0 Å². The lowest BCUT2D eigenvalue weighted by atomic mass is 9.75. The first-order valence-electron chi connectivity index (χ1n) is 6.29. The molecule has 0 aromatic heterocycles. The highest BCUT2D eigenvalue weighted by Gasteiger charge is 2.45. The van der Waals surface area contributed by atoms with Crippen molar-refractivity contribution in [2.24, 2.45) is 5.41 Å². The molecule has 1 N–H and O–H groups in total. The quantitative estimate of drug-likeness (QED) is 0.707. The minimum absolute atomic E-state index is 0.159. The van der Waals surface area contributed by atoms with E-state index in [1.165, 1.54) is 0 Å². The van der Waals surface area contributed by atoms with Crippen LogP contribution in [0.1, 0.15) is 46.5 Å². The number of fused-ring (bicyclic) bond motifs is 1. The number of nitrogens with one attached hydrogen (secondary N) is 1. The summed E-state index contributed by atoms with van der Waals surface area (Å²) in [7, 11) is -2.93. The Morgan fingerprint density at radius 2 is 1.94 bits per heavy atom. The molecule has 0 spiro atoms. The molecule has 1 heterocycles. The van der Waals surface area contributed by atoms with Gasteiger partial charge in [0.25, 0.3) is 0 Å². The molecule has 2 fully saturated rings. The predicted molar refractivity (Wildman–Crippen MR) is 66.2 cm³/mol. The summed E-state index contributed by atoms with van der Waals surface area (Å²) in [5.41, 5.74) is 0.181. The van der Waals surface area contributed by atoms with Crippen molar-refractivity contribution in [2.75, 3.05) is 6.54 Å². The minimum atomic E-state index is -2.93. The second-order valence-corrected chi connectivity index (χ2v) is 8.78. The maximum Gasteiger partial charge on any atom is 0.157 e. The number of sulfone groups is 1. The Morgan fingerprint density at radius 1 is 1.25 bits per heavy atom. The maximum absolute atomic E-state index is 12.4. The van der Waals surface area contributed by atoms with Gasteiger partial charge in [-0.05, 0) is 44.6 Å². The van der Waals surface area contributed by atoms with Crippen LogP contribution in [0.15, 0.2) is 0 Å². The van der Waals surface area contributed by atoms with Gasteiger partial charge in [0, 0.05) is 6.04 Å². The van der Waals surface area contributed by atoms with E-state index < -0.39 is 9.84 Å². The van der Waals surface area contributed by atoms with Crippen LogP contribution in [-0.4, -0.2) is 31.5 Å². The lowest BCUT2D eigenvalue weighted by Crippen LogP contribution is -2.49. The summed E-state index contributed by atoms with van der Waals surface area (Å²) in [5, 5.41) is 3.09. The Bertz CT molecular complexity index is 361. The third kappa shape index (κ3) is 2.14. The second kappa shape index (κ2) is 3.98. The van der Waals surface area contributed by atoms with Crippen LogP contribution in [0.25, 0.3) is 0 Å². The lowest BCUT2D eigenvalue weighted by Gasteiger charge is -2.40. The molecule has 2 rings (SSSR count). The highest BCUT2D eigenvalue weighted by Crippen LogP contribution is 2.40. The van der Waals surface area contributed by atoms with Crippen molar-refractivity contribution in [3.05, 3.63) is 0 Å². The molecule has 1 aliphatic heterocycles. The van der Waals surface area contributed by atoms with Gasteiger partial charge in [-0.25, -0.2) is 8.42 Å². The first kappa shape index (κ1) is 12.4. The van der Waals surface area contributed by atoms with Crippen LogP contribution < -0.4 is 5.32 Å². The smallest absolute Gasteiger partial charge is 0.157 e. The summed E-state index contributed by atoms with van der Waals surface area (Å²) in [6.07, 6.45) is 3.71. The highest BCUT2D eigenvalue weighted by molar-refractivity contribution is 7.92. The zero-order valence-corrected chi connectivity index (χ0v) is 11.3. The van der Waals surface area contributed by atoms with E-state index in [0.717, 1.165) is 32.2 Å². The first-order chi connectivity index (χ1) is 7.33. The van der Waals surface area contributed by atoms with Crippen molar-refractivity contribution in [1.29, 1.82) is 0 Å². The molecule has 2 aliphatic rings. The monoisotopic (exact) mass is 245 g/mol. The normalized spacial score (nSPS) is 42.1. The zero-order valence-electron chi connectivity index (χ0n) is 10.5. The molecule has 0 amide bonds. The number of rotatable bonds is 0. The van der Waals surface area contributed by atoms with Crippen molar-refractivity contribution >= 4 is 9.84 Å². The molecular formula is C12H23NO2S. The van der Waals surface area contributed by atoms with Gasteiger partial charge in [-0.2, -0.15) is 0 Å². The van der Waals surface area contributed by atoms with E-state index >= 15 is 0 Å². The lowest BCUT2D eigenvalue weighted by molar-refractivity contribution is 0.212. The summed E-state index contributed by atoms with van der Waals surface area (Å²) in [5.74, 6) is 0. The third-order valence-corrected chi connectivity index (χ3v) is 6.97. The molecule has 1 saturated carbocycles. The molecule has 3 unspecified atom stereocenters. The minimum Gasteiger partial charge on any atom is -0.313 e. The highest BCUT2D eigenvalue weighted by atomic mass is 32.2. The summed E-state index contributed by atoms with van der Waals surface area (Å²) in [6, 6.07) is 0.197. The van der Waals surface area contributed by atoms with E-state index in [4.69, 9.17) is 0 Å². The van der Waals surface area contributed by atoms with Crippen LogP contribution in [0.4, 0.5) is 0 Å². The van der Waals surface area contributed by atoms with Gasteiger partial charge in [-0.15, -0.1) is 0 Å². The van der Waals surface area contributed by atoms with Crippen molar-refractivity contribution in [2.45, 2.75) is 63.0 Å². The molecule has 0 aromatic rings. The van der Waals surface area contributed by atoms with Crippen LogP contribution >= 0.6 is 0 Å². The molecule has 0 radical (unpaired) electrons. The molecule has 16 heavy (non-hydrogen) atoms. The van der Waals surface area contributed by atoms with Gasteiger partial charge in [0.2, 0.25) is 0 Å². The van der Waals surface area contributed by atoms with E-state index in [2.05, 4.69) is 19.2 Å². The molecule has 3 atom stereocenters. The number of hydrogen-bond donors (Lipinski definition) is 1. The SMILES string of the molecule is CC1CCNC2CCC(C)(C)CC2S1(=O)=O. The Balaban J connectivity index is 2.30. The van der Waals surface area contributed by atoms with Crippen LogP contribution in [0.5, 0.6) is 0 Å². The maximum atomic E-state index is 12.4. The Labute approximate surface area is 98.9 Å². The van der Waals surface area contributed by atoms with Crippen LogP contribution in [0.2, 0.25) is 0 Å². The van der Waals surface area contributed by atoms with Crippen LogP contribution in [0, 0.1) is 5.41 Å². The largest absolute Gasteiger partial charge is 0.313 e. The topological polar surface area (TPSA) is 46.2 Å². The molecule has 1 saturated heterocycles. The fourth-order valence-corrected chi connectivity index (χ4v) is 5.45. The van der Waals surface area contributed by atoms with Crippen LogP contribution in [0.3, 0.4) is 0 Å². The Hall–Kier alpha value is -0.0900. The number of hydrogen-bond acceptors (Lipinski definition) is 3. The van der Waals surface area contributed by atoms with E-state index in [0.29, 0.717) is 0 Å². The standard InChI is InChI=1S/C12H23NO2S/c1-9-5-7-13-10-4-6-12(2,3)8-11(10)16(9,14)15/h9-11,13H,4-8H2,1-3H3. The summed E-state index contributed by atoms with van der Waals surface area (Å²) >= 11 is 0. The third-order valence-electron chi connectivity index (χ3n) is 4.27. The van der Waals surface area contributed by atoms with Crippen molar-refractivity contribution < 1.29 is 8.42 Å². The summed E-state index contributed by atoms with van der Waals surface area (Å²) in [4.78, 5) is 0. The molecule has 3 nitrogen and oxygen atoms in total. The molecule has 1 aliphatic carbocycles. The molecule has 4 heteroatoms. The van der Waals surface area contributed by atoms with E-state index in [1.54, 1.807) is 0 Å². The fourth-order valence-electron chi connectivity index (χ4n) is 3.03. The molecular weight excluding hydrogens is 222 g/mol. The van der Waals surface area contributed by atoms with Gasteiger partial charge in [-0.3, -0.25) is 0 Å². The van der Waals surface area contributed by atoms with Gasteiger partial charge in [-0.1, -0.05) is 13.8 Å². The van der Waals surface area contributed by atoms with Crippen molar-refractivity contribution in [1.82, 2.24) is 5.32 Å². The average molecular weight is 245 g/mol. The van der Waals surface area contributed by atoms with E-state index in [9.17, 15) is 8.42 Å². The Kier molecular flexibility index (Phi) is 3.08. The second-order valence-electron chi connectivity index (χ2n) is 6.19. The average Bonchev–Trinajstić information content (AvgIpc) is 2.27.